The highest BCUT2D eigenvalue weighted by molar-refractivity contribution is 5.05. The summed E-state index contributed by atoms with van der Waals surface area (Å²) in [5.41, 5.74) is -0.0430. The molecule has 3 aliphatic rings. The second-order valence-electron chi connectivity index (χ2n) is 7.76. The van der Waals surface area contributed by atoms with Crippen LogP contribution in [0.2, 0.25) is 0 Å². The Balaban J connectivity index is 1.71. The fourth-order valence-corrected chi connectivity index (χ4v) is 4.84. The molecular weight excluding hydrogens is 248 g/mol. The third-order valence-electron chi connectivity index (χ3n) is 5.81. The molecule has 0 bridgehead atoms. The molecule has 116 valence electrons. The van der Waals surface area contributed by atoms with Gasteiger partial charge in [0.15, 0.2) is 0 Å². The normalized spacial score (nSPS) is 34.2. The van der Waals surface area contributed by atoms with Gasteiger partial charge in [0.1, 0.15) is 0 Å². The number of fused-ring (bicyclic) bond motifs is 1. The molecule has 0 amide bonds. The van der Waals surface area contributed by atoms with E-state index in [1.807, 2.05) is 0 Å². The third-order valence-corrected chi connectivity index (χ3v) is 5.81. The van der Waals surface area contributed by atoms with E-state index >= 15 is 0 Å². The van der Waals surface area contributed by atoms with Crippen molar-refractivity contribution in [3.05, 3.63) is 0 Å². The summed E-state index contributed by atoms with van der Waals surface area (Å²) in [6.07, 6.45) is 9.62. The highest BCUT2D eigenvalue weighted by atomic mass is 16.3. The van der Waals surface area contributed by atoms with Crippen molar-refractivity contribution >= 4 is 0 Å². The molecule has 3 atom stereocenters. The Kier molecular flexibility index (Phi) is 4.40. The second-order valence-corrected chi connectivity index (χ2v) is 7.76. The highest BCUT2D eigenvalue weighted by Gasteiger charge is 2.48. The lowest BCUT2D eigenvalue weighted by Crippen LogP contribution is -2.62. The van der Waals surface area contributed by atoms with Crippen molar-refractivity contribution in [1.29, 1.82) is 0 Å². The molecule has 3 unspecified atom stereocenters. The smallest absolute Gasteiger partial charge is 0.0628 e. The molecule has 0 spiro atoms. The van der Waals surface area contributed by atoms with Crippen LogP contribution in [-0.4, -0.2) is 47.3 Å². The predicted octanol–water partition coefficient (Wildman–Crippen LogP) is 2.39. The molecule has 1 aliphatic heterocycles. The van der Waals surface area contributed by atoms with E-state index in [0.29, 0.717) is 18.6 Å². The quantitative estimate of drug-likeness (QED) is 0.784. The maximum Gasteiger partial charge on any atom is 0.0628 e. The molecule has 2 N–H and O–H groups in total. The van der Waals surface area contributed by atoms with Gasteiger partial charge in [0.2, 0.25) is 0 Å². The molecule has 2 saturated carbocycles. The number of nitrogens with zero attached hydrogens (tertiary/aromatic N) is 1. The van der Waals surface area contributed by atoms with Gasteiger partial charge < -0.3 is 10.4 Å². The number of aliphatic hydroxyl groups is 1. The molecule has 20 heavy (non-hydrogen) atoms. The largest absolute Gasteiger partial charge is 0.394 e. The lowest BCUT2D eigenvalue weighted by molar-refractivity contribution is 0.0359. The van der Waals surface area contributed by atoms with Gasteiger partial charge in [0.25, 0.3) is 0 Å². The zero-order valence-electron chi connectivity index (χ0n) is 13.3. The summed E-state index contributed by atoms with van der Waals surface area (Å²) in [6, 6.07) is 1.26. The molecule has 3 rings (SSSR count). The van der Waals surface area contributed by atoms with Gasteiger partial charge in [-0.15, -0.1) is 0 Å². The second kappa shape index (κ2) is 5.94. The van der Waals surface area contributed by atoms with Crippen molar-refractivity contribution in [3.63, 3.8) is 0 Å². The first kappa shape index (κ1) is 14.8. The Morgan fingerprint density at radius 1 is 1.15 bits per heavy atom. The maximum atomic E-state index is 10.1. The minimum Gasteiger partial charge on any atom is -0.394 e. The molecule has 0 aromatic carbocycles. The first-order valence-electron chi connectivity index (χ1n) is 8.77. The van der Waals surface area contributed by atoms with Gasteiger partial charge in [-0.25, -0.2) is 0 Å². The summed E-state index contributed by atoms with van der Waals surface area (Å²) in [6.45, 7) is 7.02. The van der Waals surface area contributed by atoms with E-state index in [1.165, 1.54) is 51.5 Å². The molecular formula is C17H32N2O. The van der Waals surface area contributed by atoms with Gasteiger partial charge in [-0.1, -0.05) is 20.3 Å². The van der Waals surface area contributed by atoms with Gasteiger partial charge in [-0.3, -0.25) is 4.90 Å². The van der Waals surface area contributed by atoms with Crippen molar-refractivity contribution in [2.75, 3.05) is 19.7 Å². The van der Waals surface area contributed by atoms with Crippen molar-refractivity contribution in [2.24, 2.45) is 11.8 Å². The van der Waals surface area contributed by atoms with Gasteiger partial charge in [-0.2, -0.15) is 0 Å². The van der Waals surface area contributed by atoms with Crippen molar-refractivity contribution < 1.29 is 5.11 Å². The van der Waals surface area contributed by atoms with Crippen LogP contribution in [0, 0.1) is 11.8 Å². The molecule has 3 nitrogen and oxygen atoms in total. The van der Waals surface area contributed by atoms with Crippen LogP contribution >= 0.6 is 0 Å². The molecule has 3 heteroatoms. The highest BCUT2D eigenvalue weighted by Crippen LogP contribution is 2.43. The maximum absolute atomic E-state index is 10.1. The predicted molar refractivity (Wildman–Crippen MR) is 82.7 cm³/mol. The van der Waals surface area contributed by atoms with Gasteiger partial charge in [0, 0.05) is 18.6 Å². The number of likely N-dealkylation sites (tertiary alicyclic amines) is 1. The van der Waals surface area contributed by atoms with Crippen LogP contribution in [-0.2, 0) is 0 Å². The van der Waals surface area contributed by atoms with Gasteiger partial charge >= 0.3 is 0 Å². The molecule has 1 heterocycles. The Labute approximate surface area is 124 Å². The lowest BCUT2D eigenvalue weighted by atomic mass is 9.87. The monoisotopic (exact) mass is 280 g/mol. The number of aliphatic hydroxyl groups excluding tert-OH is 1. The van der Waals surface area contributed by atoms with Crippen LogP contribution in [0.5, 0.6) is 0 Å². The first-order chi connectivity index (χ1) is 9.64. The van der Waals surface area contributed by atoms with E-state index in [-0.39, 0.29) is 5.54 Å². The fourth-order valence-electron chi connectivity index (χ4n) is 4.84. The molecule has 2 aliphatic carbocycles. The van der Waals surface area contributed by atoms with E-state index in [4.69, 9.17) is 0 Å². The van der Waals surface area contributed by atoms with E-state index in [2.05, 4.69) is 24.1 Å². The van der Waals surface area contributed by atoms with Crippen LogP contribution in [0.15, 0.2) is 0 Å². The Bertz CT molecular complexity index is 329. The van der Waals surface area contributed by atoms with Crippen LogP contribution in [0.3, 0.4) is 0 Å². The summed E-state index contributed by atoms with van der Waals surface area (Å²) in [5, 5.41) is 13.9. The molecule has 0 aromatic rings. The van der Waals surface area contributed by atoms with Gasteiger partial charge in [0.05, 0.1) is 12.1 Å². The molecule has 1 saturated heterocycles. The zero-order chi connectivity index (χ0) is 14.2. The SMILES string of the molecule is CC(C)NC(CO)(CN1CCCC2CCCC21)C1CC1. The average Bonchev–Trinajstić information content (AvgIpc) is 3.16. The van der Waals surface area contributed by atoms with Crippen molar-refractivity contribution in [3.8, 4) is 0 Å². The van der Waals surface area contributed by atoms with Crippen LogP contribution in [0.4, 0.5) is 0 Å². The Hall–Kier alpha value is -0.120. The molecule has 3 fully saturated rings. The topological polar surface area (TPSA) is 35.5 Å². The molecule has 0 radical (unpaired) electrons. The first-order valence-corrected chi connectivity index (χ1v) is 8.77. The molecule has 0 aromatic heterocycles. The lowest BCUT2D eigenvalue weighted by Gasteiger charge is -2.45. The Morgan fingerprint density at radius 3 is 2.55 bits per heavy atom. The summed E-state index contributed by atoms with van der Waals surface area (Å²) in [5.74, 6) is 1.63. The number of piperidine rings is 1. The average molecular weight is 280 g/mol. The van der Waals surface area contributed by atoms with E-state index in [0.717, 1.165) is 18.5 Å². The van der Waals surface area contributed by atoms with E-state index < -0.39 is 0 Å². The number of rotatable bonds is 6. The van der Waals surface area contributed by atoms with Crippen LogP contribution in [0.25, 0.3) is 0 Å². The minimum absolute atomic E-state index is 0.0430. The van der Waals surface area contributed by atoms with Gasteiger partial charge in [-0.05, 0) is 56.9 Å². The summed E-state index contributed by atoms with van der Waals surface area (Å²) >= 11 is 0. The van der Waals surface area contributed by atoms with Crippen LogP contribution in [0.1, 0.15) is 58.8 Å². The Morgan fingerprint density at radius 2 is 1.90 bits per heavy atom. The summed E-state index contributed by atoms with van der Waals surface area (Å²) < 4.78 is 0. The summed E-state index contributed by atoms with van der Waals surface area (Å²) in [7, 11) is 0. The number of hydrogen-bond donors (Lipinski definition) is 2. The van der Waals surface area contributed by atoms with Crippen molar-refractivity contribution in [1.82, 2.24) is 10.2 Å². The van der Waals surface area contributed by atoms with E-state index in [9.17, 15) is 5.11 Å². The minimum atomic E-state index is -0.0430. The van der Waals surface area contributed by atoms with Crippen molar-refractivity contribution in [2.45, 2.75) is 76.4 Å². The van der Waals surface area contributed by atoms with E-state index in [1.54, 1.807) is 0 Å². The standard InChI is InChI=1S/C17H32N2O/c1-13(2)18-17(12-20,15-8-9-15)11-19-10-4-6-14-5-3-7-16(14)19/h13-16,18,20H,3-12H2,1-2H3. The fraction of sp³-hybridized carbons (Fsp3) is 1.00. The zero-order valence-corrected chi connectivity index (χ0v) is 13.3. The third kappa shape index (κ3) is 2.90. The number of hydrogen-bond acceptors (Lipinski definition) is 3. The summed E-state index contributed by atoms with van der Waals surface area (Å²) in [4.78, 5) is 2.73. The van der Waals surface area contributed by atoms with Crippen LogP contribution < -0.4 is 5.32 Å². The number of nitrogens with one attached hydrogen (secondary N) is 1.